The summed E-state index contributed by atoms with van der Waals surface area (Å²) < 4.78 is 0. The number of hydrogen-bond acceptors (Lipinski definition) is 1. The second kappa shape index (κ2) is 8.05. The molecule has 1 unspecified atom stereocenters. The molecule has 0 aromatic heterocycles. The van der Waals surface area contributed by atoms with Crippen molar-refractivity contribution in [2.24, 2.45) is 5.92 Å². The first-order valence-corrected chi connectivity index (χ1v) is 8.59. The summed E-state index contributed by atoms with van der Waals surface area (Å²) in [6, 6.07) is 7.08. The van der Waals surface area contributed by atoms with Crippen LogP contribution in [0.4, 0.5) is 0 Å². The molecule has 1 aromatic rings. The minimum absolute atomic E-state index is 0.478. The summed E-state index contributed by atoms with van der Waals surface area (Å²) in [5, 5.41) is 4.67. The molecule has 1 fully saturated rings. The van der Waals surface area contributed by atoms with Gasteiger partial charge < -0.3 is 5.32 Å². The highest BCUT2D eigenvalue weighted by Gasteiger charge is 2.24. The number of halogens is 1. The summed E-state index contributed by atoms with van der Waals surface area (Å²) in [5.74, 6) is 0.767. The standard InChI is InChI=1S/C18H28ClN/c1-3-12-20-18(15-8-6-4-5-7-9-15)16-11-10-14(2)17(19)13-16/h10-11,13,15,18,20H,3-9,12H2,1-2H3. The molecule has 1 aromatic carbocycles. The Hall–Kier alpha value is -0.530. The Morgan fingerprint density at radius 2 is 1.90 bits per heavy atom. The zero-order valence-corrected chi connectivity index (χ0v) is 13.7. The Morgan fingerprint density at radius 3 is 2.50 bits per heavy atom. The smallest absolute Gasteiger partial charge is 0.0438 e. The van der Waals surface area contributed by atoms with Gasteiger partial charge in [-0.25, -0.2) is 0 Å². The predicted octanol–water partition coefficient (Wildman–Crippen LogP) is 5.66. The van der Waals surface area contributed by atoms with Crippen molar-refractivity contribution in [1.29, 1.82) is 0 Å². The molecule has 1 aliphatic carbocycles. The van der Waals surface area contributed by atoms with E-state index in [0.29, 0.717) is 6.04 Å². The van der Waals surface area contributed by atoms with E-state index in [0.717, 1.165) is 17.5 Å². The molecule has 0 aliphatic heterocycles. The van der Waals surface area contributed by atoms with E-state index in [9.17, 15) is 0 Å². The Labute approximate surface area is 129 Å². The lowest BCUT2D eigenvalue weighted by atomic mass is 9.87. The van der Waals surface area contributed by atoms with Gasteiger partial charge in [0, 0.05) is 11.1 Å². The Balaban J connectivity index is 2.18. The molecule has 0 amide bonds. The number of benzene rings is 1. The van der Waals surface area contributed by atoms with Crippen LogP contribution in [-0.4, -0.2) is 6.54 Å². The predicted molar refractivity (Wildman–Crippen MR) is 88.4 cm³/mol. The van der Waals surface area contributed by atoms with Crippen LogP contribution in [0.2, 0.25) is 5.02 Å². The summed E-state index contributed by atoms with van der Waals surface area (Å²) in [6.07, 6.45) is 9.48. The maximum atomic E-state index is 6.34. The van der Waals surface area contributed by atoms with Crippen molar-refractivity contribution in [3.05, 3.63) is 34.3 Å². The van der Waals surface area contributed by atoms with Crippen molar-refractivity contribution in [2.75, 3.05) is 6.54 Å². The molecule has 2 heteroatoms. The summed E-state index contributed by atoms with van der Waals surface area (Å²) in [6.45, 7) is 5.40. The molecular weight excluding hydrogens is 266 g/mol. The third-order valence-electron chi connectivity index (χ3n) is 4.54. The van der Waals surface area contributed by atoms with Gasteiger partial charge in [0.25, 0.3) is 0 Å². The molecule has 0 saturated heterocycles. The van der Waals surface area contributed by atoms with Crippen LogP contribution in [0.15, 0.2) is 18.2 Å². The van der Waals surface area contributed by atoms with Crippen LogP contribution in [-0.2, 0) is 0 Å². The Bertz CT molecular complexity index is 408. The zero-order valence-electron chi connectivity index (χ0n) is 12.9. The quantitative estimate of drug-likeness (QED) is 0.691. The van der Waals surface area contributed by atoms with Gasteiger partial charge >= 0.3 is 0 Å². The molecular formula is C18H28ClN. The first-order valence-electron chi connectivity index (χ1n) is 8.21. The highest BCUT2D eigenvalue weighted by atomic mass is 35.5. The highest BCUT2D eigenvalue weighted by Crippen LogP contribution is 2.34. The third-order valence-corrected chi connectivity index (χ3v) is 4.95. The van der Waals surface area contributed by atoms with Crippen LogP contribution in [0.3, 0.4) is 0 Å². The van der Waals surface area contributed by atoms with Crippen molar-refractivity contribution in [1.82, 2.24) is 5.32 Å². The average Bonchev–Trinajstić information content (AvgIpc) is 2.72. The second-order valence-corrected chi connectivity index (χ2v) is 6.60. The molecule has 20 heavy (non-hydrogen) atoms. The fourth-order valence-corrected chi connectivity index (χ4v) is 3.49. The lowest BCUT2D eigenvalue weighted by Gasteiger charge is -2.28. The maximum absolute atomic E-state index is 6.34. The van der Waals surface area contributed by atoms with E-state index in [1.54, 1.807) is 0 Å². The number of aryl methyl sites for hydroxylation is 1. The lowest BCUT2D eigenvalue weighted by Crippen LogP contribution is -2.29. The van der Waals surface area contributed by atoms with E-state index < -0.39 is 0 Å². The molecule has 1 atom stereocenters. The minimum Gasteiger partial charge on any atom is -0.310 e. The second-order valence-electron chi connectivity index (χ2n) is 6.19. The van der Waals surface area contributed by atoms with Crippen molar-refractivity contribution < 1.29 is 0 Å². The van der Waals surface area contributed by atoms with Crippen LogP contribution < -0.4 is 5.32 Å². The molecule has 0 heterocycles. The average molecular weight is 294 g/mol. The van der Waals surface area contributed by atoms with Gasteiger partial charge in [-0.3, -0.25) is 0 Å². The van der Waals surface area contributed by atoms with Crippen molar-refractivity contribution in [2.45, 2.75) is 64.8 Å². The molecule has 1 saturated carbocycles. The van der Waals surface area contributed by atoms with Gasteiger partial charge in [0.05, 0.1) is 0 Å². The summed E-state index contributed by atoms with van der Waals surface area (Å²) in [4.78, 5) is 0. The fourth-order valence-electron chi connectivity index (χ4n) is 3.30. The summed E-state index contributed by atoms with van der Waals surface area (Å²) in [7, 11) is 0. The van der Waals surface area contributed by atoms with Crippen LogP contribution >= 0.6 is 11.6 Å². The molecule has 0 bridgehead atoms. The molecule has 1 aliphatic rings. The van der Waals surface area contributed by atoms with Gasteiger partial charge in [-0.15, -0.1) is 0 Å². The molecule has 1 nitrogen and oxygen atoms in total. The molecule has 0 radical (unpaired) electrons. The molecule has 2 rings (SSSR count). The van der Waals surface area contributed by atoms with Crippen LogP contribution in [0.1, 0.15) is 69.0 Å². The van der Waals surface area contributed by atoms with E-state index in [1.807, 2.05) is 0 Å². The van der Waals surface area contributed by atoms with Gasteiger partial charge in [-0.05, 0) is 55.8 Å². The van der Waals surface area contributed by atoms with E-state index in [4.69, 9.17) is 11.6 Å². The summed E-state index contributed by atoms with van der Waals surface area (Å²) in [5.41, 5.74) is 2.55. The highest BCUT2D eigenvalue weighted by molar-refractivity contribution is 6.31. The lowest BCUT2D eigenvalue weighted by molar-refractivity contribution is 0.326. The first-order chi connectivity index (χ1) is 9.72. The van der Waals surface area contributed by atoms with Gasteiger partial charge in [0.2, 0.25) is 0 Å². The van der Waals surface area contributed by atoms with Gasteiger partial charge in [0.1, 0.15) is 0 Å². The summed E-state index contributed by atoms with van der Waals surface area (Å²) >= 11 is 6.34. The topological polar surface area (TPSA) is 12.0 Å². The molecule has 112 valence electrons. The SMILES string of the molecule is CCCNC(c1ccc(C)c(Cl)c1)C1CCCCCC1. The van der Waals surface area contributed by atoms with Gasteiger partial charge in [-0.2, -0.15) is 0 Å². The van der Waals surface area contributed by atoms with Crippen molar-refractivity contribution in [3.63, 3.8) is 0 Å². The van der Waals surface area contributed by atoms with Crippen LogP contribution in [0.5, 0.6) is 0 Å². The fraction of sp³-hybridized carbons (Fsp3) is 0.667. The Morgan fingerprint density at radius 1 is 1.20 bits per heavy atom. The molecule has 0 spiro atoms. The monoisotopic (exact) mass is 293 g/mol. The third kappa shape index (κ3) is 4.23. The van der Waals surface area contributed by atoms with Crippen molar-refractivity contribution in [3.8, 4) is 0 Å². The zero-order chi connectivity index (χ0) is 14.4. The molecule has 1 N–H and O–H groups in total. The Kier molecular flexibility index (Phi) is 6.38. The van der Waals surface area contributed by atoms with Crippen molar-refractivity contribution >= 4 is 11.6 Å². The number of hydrogen-bond donors (Lipinski definition) is 1. The largest absolute Gasteiger partial charge is 0.310 e. The first kappa shape index (κ1) is 15.9. The van der Waals surface area contributed by atoms with E-state index >= 15 is 0 Å². The number of nitrogens with one attached hydrogen (secondary N) is 1. The number of rotatable bonds is 5. The van der Waals surface area contributed by atoms with E-state index in [2.05, 4.69) is 37.4 Å². The van der Waals surface area contributed by atoms with E-state index in [-0.39, 0.29) is 0 Å². The van der Waals surface area contributed by atoms with Crippen LogP contribution in [0, 0.1) is 12.8 Å². The van der Waals surface area contributed by atoms with Gasteiger partial charge in [-0.1, -0.05) is 56.3 Å². The minimum atomic E-state index is 0.478. The van der Waals surface area contributed by atoms with E-state index in [1.165, 1.54) is 56.1 Å². The van der Waals surface area contributed by atoms with Gasteiger partial charge in [0.15, 0.2) is 0 Å². The normalized spacial score (nSPS) is 18.8. The maximum Gasteiger partial charge on any atom is 0.0438 e. The van der Waals surface area contributed by atoms with Crippen LogP contribution in [0.25, 0.3) is 0 Å².